The van der Waals surface area contributed by atoms with Crippen LogP contribution in [0.1, 0.15) is 24.2 Å². The van der Waals surface area contributed by atoms with Crippen molar-refractivity contribution in [2.45, 2.75) is 30.9 Å². The van der Waals surface area contributed by atoms with Gasteiger partial charge in [0.15, 0.2) is 17.2 Å². The van der Waals surface area contributed by atoms with Gasteiger partial charge in [-0.25, -0.2) is 13.2 Å². The molecule has 0 saturated heterocycles. The van der Waals surface area contributed by atoms with E-state index >= 15 is 0 Å². The van der Waals surface area contributed by atoms with Gasteiger partial charge in [0.25, 0.3) is 15.9 Å². The molecule has 0 fully saturated rings. The van der Waals surface area contributed by atoms with Crippen LogP contribution in [0.15, 0.2) is 65.6 Å². The molecule has 0 aliphatic carbocycles. The first-order chi connectivity index (χ1) is 21.0. The third-order valence-electron chi connectivity index (χ3n) is 7.48. The molecule has 12 nitrogen and oxygen atoms in total. The summed E-state index contributed by atoms with van der Waals surface area (Å²) in [6.07, 6.45) is -0.677. The van der Waals surface area contributed by atoms with E-state index in [1.165, 1.54) is 46.2 Å². The fourth-order valence-electron chi connectivity index (χ4n) is 4.91. The average Bonchev–Trinajstić information content (AvgIpc) is 3.47. The molecule has 0 bridgehead atoms. The van der Waals surface area contributed by atoms with Gasteiger partial charge in [0, 0.05) is 36.3 Å². The lowest BCUT2D eigenvalue weighted by Crippen LogP contribution is -2.50. The van der Waals surface area contributed by atoms with Crippen LogP contribution in [0.4, 0.5) is 16.2 Å². The molecule has 2 aliphatic heterocycles. The molecular formula is C30H33ClN4O8S. The van der Waals surface area contributed by atoms with Crippen molar-refractivity contribution in [2.75, 3.05) is 43.6 Å². The normalized spacial score (nSPS) is 18.4. The summed E-state index contributed by atoms with van der Waals surface area (Å²) in [5.41, 5.74) is 0.676. The van der Waals surface area contributed by atoms with Crippen LogP contribution in [0.2, 0.25) is 5.02 Å². The van der Waals surface area contributed by atoms with Crippen LogP contribution in [0.5, 0.6) is 17.2 Å². The van der Waals surface area contributed by atoms with Crippen molar-refractivity contribution in [1.82, 2.24) is 9.80 Å². The van der Waals surface area contributed by atoms with Gasteiger partial charge in [-0.05, 0) is 55.5 Å². The maximum absolute atomic E-state index is 13.7. The lowest BCUT2D eigenvalue weighted by atomic mass is 9.99. The summed E-state index contributed by atoms with van der Waals surface area (Å²) >= 11 is 5.94. The highest BCUT2D eigenvalue weighted by Crippen LogP contribution is 2.37. The number of para-hydroxylation sites is 1. The largest absolute Gasteiger partial charge is 0.485 e. The fraction of sp³-hybridized carbons (Fsp3) is 0.333. The number of likely N-dealkylation sites (N-methyl/N-ethyl adjacent to an activating group) is 1. The first-order valence-corrected chi connectivity index (χ1v) is 15.7. The van der Waals surface area contributed by atoms with Crippen LogP contribution in [0.25, 0.3) is 0 Å². The minimum atomic E-state index is -4.09. The highest BCUT2D eigenvalue weighted by molar-refractivity contribution is 7.92. The summed E-state index contributed by atoms with van der Waals surface area (Å²) in [6.45, 7) is 3.73. The van der Waals surface area contributed by atoms with Gasteiger partial charge in [-0.1, -0.05) is 24.6 Å². The molecule has 0 saturated carbocycles. The molecular weight excluding hydrogens is 612 g/mol. The lowest BCUT2D eigenvalue weighted by molar-refractivity contribution is 0.0373. The van der Waals surface area contributed by atoms with E-state index in [1.54, 1.807) is 38.2 Å². The third-order valence-corrected chi connectivity index (χ3v) is 9.12. The number of nitrogens with zero attached hydrogens (tertiary/aromatic N) is 2. The zero-order chi connectivity index (χ0) is 31.6. The first-order valence-electron chi connectivity index (χ1n) is 13.9. The van der Waals surface area contributed by atoms with Gasteiger partial charge in [-0.15, -0.1) is 0 Å². The molecule has 0 unspecified atom stereocenters. The fourth-order valence-corrected chi connectivity index (χ4v) is 6.09. The number of rotatable bonds is 8. The second kappa shape index (κ2) is 12.8. The Kier molecular flexibility index (Phi) is 9.09. The number of halogens is 1. The van der Waals surface area contributed by atoms with E-state index in [-0.39, 0.29) is 54.3 Å². The van der Waals surface area contributed by atoms with Crippen molar-refractivity contribution in [3.63, 3.8) is 0 Å². The number of hydrogen-bond acceptors (Lipinski definition) is 8. The number of benzene rings is 3. The standard InChI is InChI=1S/C30H33ClN4O8S/c1-18-14-35(19(2)16-36)29(37)23-5-4-6-24(33-44(39,40)22-10-7-20(31)8-11-22)28(23)43-27(18)15-34(3)30(38)32-21-9-12-25-26(13-21)42-17-41-25/h4-13,18-19,27,33,36H,14-17H2,1-3H3,(H,32,38)/t18-,19-,27+/m0/s1. The number of carbonyl (C=O) groups is 2. The Hall–Kier alpha value is -4.20. The van der Waals surface area contributed by atoms with Gasteiger partial charge in [-0.2, -0.15) is 0 Å². The Bertz CT molecular complexity index is 1650. The minimum Gasteiger partial charge on any atom is -0.485 e. The van der Waals surface area contributed by atoms with Crippen molar-refractivity contribution >= 4 is 44.9 Å². The van der Waals surface area contributed by atoms with Gasteiger partial charge in [-0.3, -0.25) is 9.52 Å². The number of urea groups is 1. The van der Waals surface area contributed by atoms with Crippen LogP contribution in [0, 0.1) is 5.92 Å². The number of ether oxygens (including phenoxy) is 3. The lowest BCUT2D eigenvalue weighted by Gasteiger charge is -2.38. The van der Waals surface area contributed by atoms with Crippen molar-refractivity contribution in [2.24, 2.45) is 5.92 Å². The molecule has 3 aromatic rings. The number of fused-ring (bicyclic) bond motifs is 2. The molecule has 0 spiro atoms. The van der Waals surface area contributed by atoms with Gasteiger partial charge < -0.3 is 34.4 Å². The molecule has 44 heavy (non-hydrogen) atoms. The molecule has 14 heteroatoms. The van der Waals surface area contributed by atoms with E-state index < -0.39 is 34.1 Å². The summed E-state index contributed by atoms with van der Waals surface area (Å²) in [6, 6.07) is 14.4. The first kappa shape index (κ1) is 31.2. The highest BCUT2D eigenvalue weighted by atomic mass is 35.5. The number of nitrogens with one attached hydrogen (secondary N) is 2. The smallest absolute Gasteiger partial charge is 0.321 e. The Morgan fingerprint density at radius 3 is 2.59 bits per heavy atom. The summed E-state index contributed by atoms with van der Waals surface area (Å²) in [5.74, 6) is 0.378. The van der Waals surface area contributed by atoms with E-state index in [1.807, 2.05) is 6.92 Å². The second-order valence-corrected chi connectivity index (χ2v) is 12.9. The van der Waals surface area contributed by atoms with Gasteiger partial charge in [0.1, 0.15) is 6.10 Å². The number of sulfonamides is 1. The molecule has 2 heterocycles. The van der Waals surface area contributed by atoms with Crippen molar-refractivity contribution in [3.8, 4) is 17.2 Å². The zero-order valence-corrected chi connectivity index (χ0v) is 25.9. The zero-order valence-electron chi connectivity index (χ0n) is 24.3. The van der Waals surface area contributed by atoms with Crippen molar-refractivity contribution in [1.29, 1.82) is 0 Å². The summed E-state index contributed by atoms with van der Waals surface area (Å²) in [5, 5.41) is 13.1. The monoisotopic (exact) mass is 644 g/mol. The van der Waals surface area contributed by atoms with E-state index in [4.69, 9.17) is 25.8 Å². The van der Waals surface area contributed by atoms with E-state index in [9.17, 15) is 23.1 Å². The second-order valence-electron chi connectivity index (χ2n) is 10.7. The quantitative estimate of drug-likeness (QED) is 0.330. The predicted octanol–water partition coefficient (Wildman–Crippen LogP) is 4.25. The molecule has 2 aliphatic rings. The molecule has 3 N–H and O–H groups in total. The van der Waals surface area contributed by atoms with E-state index in [0.29, 0.717) is 22.2 Å². The Morgan fingerprint density at radius 2 is 1.86 bits per heavy atom. The van der Waals surface area contributed by atoms with Crippen LogP contribution >= 0.6 is 11.6 Å². The number of carbonyl (C=O) groups excluding carboxylic acids is 2. The van der Waals surface area contributed by atoms with Crippen molar-refractivity contribution < 1.29 is 37.3 Å². The summed E-state index contributed by atoms with van der Waals surface area (Å²) in [4.78, 5) is 29.9. The number of hydrogen-bond donors (Lipinski definition) is 3. The molecule has 3 aromatic carbocycles. The molecule has 234 valence electrons. The molecule has 3 amide bonds. The average molecular weight is 645 g/mol. The number of aliphatic hydroxyl groups is 1. The maximum Gasteiger partial charge on any atom is 0.321 e. The van der Waals surface area contributed by atoms with Crippen LogP contribution in [-0.2, 0) is 10.0 Å². The van der Waals surface area contributed by atoms with Crippen LogP contribution < -0.4 is 24.2 Å². The number of anilines is 2. The molecule has 0 aromatic heterocycles. The topological polar surface area (TPSA) is 147 Å². The number of aliphatic hydroxyl groups excluding tert-OH is 1. The molecule has 5 rings (SSSR count). The molecule has 0 radical (unpaired) electrons. The van der Waals surface area contributed by atoms with Gasteiger partial charge >= 0.3 is 6.03 Å². The minimum absolute atomic E-state index is 0.0197. The SMILES string of the molecule is C[C@H]1CN([C@@H](C)CO)C(=O)c2cccc(NS(=O)(=O)c3ccc(Cl)cc3)c2O[C@@H]1CN(C)C(=O)Nc1ccc2c(c1)OCO2. The number of amides is 3. The van der Waals surface area contributed by atoms with Crippen LogP contribution in [-0.4, -0.2) is 80.9 Å². The van der Waals surface area contributed by atoms with Gasteiger partial charge in [0.05, 0.1) is 35.3 Å². The van der Waals surface area contributed by atoms with E-state index in [2.05, 4.69) is 10.0 Å². The third kappa shape index (κ3) is 6.64. The Balaban J connectivity index is 1.44. The van der Waals surface area contributed by atoms with Gasteiger partial charge in [0.2, 0.25) is 6.79 Å². The maximum atomic E-state index is 13.7. The summed E-state index contributed by atoms with van der Waals surface area (Å²) < 4.78 is 46.3. The predicted molar refractivity (Wildman–Crippen MR) is 164 cm³/mol. The summed E-state index contributed by atoms with van der Waals surface area (Å²) in [7, 11) is -2.49. The van der Waals surface area contributed by atoms with Crippen LogP contribution in [0.3, 0.4) is 0 Å². The van der Waals surface area contributed by atoms with Crippen molar-refractivity contribution in [3.05, 3.63) is 71.2 Å². The Morgan fingerprint density at radius 1 is 1.14 bits per heavy atom. The Labute approximate surface area is 260 Å². The van der Waals surface area contributed by atoms with E-state index in [0.717, 1.165) is 0 Å². The highest BCUT2D eigenvalue weighted by Gasteiger charge is 2.35. The molecule has 3 atom stereocenters.